The molecule has 31 heavy (non-hydrogen) atoms. The summed E-state index contributed by atoms with van der Waals surface area (Å²) >= 11 is 1.14. The molecular formula is C19H26N4O5S3. The van der Waals surface area contributed by atoms with Crippen LogP contribution in [0.25, 0.3) is 0 Å². The number of hydrogen-bond donors (Lipinski definition) is 2. The lowest BCUT2D eigenvalue weighted by Gasteiger charge is -2.25. The molecule has 2 aromatic rings. The van der Waals surface area contributed by atoms with Crippen molar-refractivity contribution in [2.24, 2.45) is 0 Å². The van der Waals surface area contributed by atoms with Crippen molar-refractivity contribution < 1.29 is 21.6 Å². The molecule has 2 aliphatic rings. The third-order valence-corrected chi connectivity index (χ3v) is 10.9. The van der Waals surface area contributed by atoms with Gasteiger partial charge in [0.15, 0.2) is 0 Å². The molecule has 4 rings (SSSR count). The van der Waals surface area contributed by atoms with Gasteiger partial charge in [-0.25, -0.2) is 16.8 Å². The minimum atomic E-state index is -3.59. The van der Waals surface area contributed by atoms with E-state index < -0.39 is 26.0 Å². The molecule has 4 heterocycles. The van der Waals surface area contributed by atoms with E-state index in [2.05, 4.69) is 10.3 Å². The van der Waals surface area contributed by atoms with Gasteiger partial charge in [-0.1, -0.05) is 6.42 Å². The molecule has 2 fully saturated rings. The number of aromatic nitrogens is 1. The predicted molar refractivity (Wildman–Crippen MR) is 117 cm³/mol. The number of nitrogens with one attached hydrogen (secondary N) is 2. The van der Waals surface area contributed by atoms with Crippen LogP contribution < -0.4 is 5.32 Å². The SMILES string of the molecule is O=C(NCc1ccc(S(=O)(=O)N2CCCCC2)s1)c1cc(S(=O)(=O)N2CCCC2)c[nH]1. The Morgan fingerprint density at radius 1 is 0.935 bits per heavy atom. The lowest BCUT2D eigenvalue weighted by atomic mass is 10.2. The van der Waals surface area contributed by atoms with Crippen molar-refractivity contribution in [3.8, 4) is 0 Å². The first-order valence-electron chi connectivity index (χ1n) is 10.3. The maximum Gasteiger partial charge on any atom is 0.268 e. The number of rotatable bonds is 7. The molecule has 2 saturated heterocycles. The van der Waals surface area contributed by atoms with Gasteiger partial charge in [-0.05, 0) is 43.9 Å². The first-order chi connectivity index (χ1) is 14.8. The summed E-state index contributed by atoms with van der Waals surface area (Å²) in [7, 11) is -7.08. The number of sulfonamides is 2. The predicted octanol–water partition coefficient (Wildman–Crippen LogP) is 1.97. The number of hydrogen-bond acceptors (Lipinski definition) is 6. The summed E-state index contributed by atoms with van der Waals surface area (Å²) in [6.07, 6.45) is 5.81. The molecule has 2 aromatic heterocycles. The van der Waals surface area contributed by atoms with Crippen LogP contribution in [0, 0.1) is 0 Å². The van der Waals surface area contributed by atoms with Gasteiger partial charge in [0.25, 0.3) is 15.9 Å². The second-order valence-corrected chi connectivity index (χ2v) is 13.0. The minimum absolute atomic E-state index is 0.0746. The molecule has 1 amide bonds. The zero-order valence-corrected chi connectivity index (χ0v) is 19.5. The molecule has 0 unspecified atom stereocenters. The number of amides is 1. The smallest absolute Gasteiger partial charge is 0.268 e. The van der Waals surface area contributed by atoms with E-state index >= 15 is 0 Å². The summed E-state index contributed by atoms with van der Waals surface area (Å²) in [5.74, 6) is -0.447. The normalized spacial score (nSPS) is 19.0. The molecule has 2 aliphatic heterocycles. The van der Waals surface area contributed by atoms with Gasteiger partial charge in [-0.15, -0.1) is 11.3 Å². The first kappa shape index (κ1) is 22.5. The lowest BCUT2D eigenvalue weighted by Crippen LogP contribution is -2.35. The third-order valence-electron chi connectivity index (χ3n) is 5.57. The quantitative estimate of drug-likeness (QED) is 0.620. The fourth-order valence-electron chi connectivity index (χ4n) is 3.82. The van der Waals surface area contributed by atoms with Crippen molar-refractivity contribution >= 4 is 37.3 Å². The topological polar surface area (TPSA) is 120 Å². The van der Waals surface area contributed by atoms with Crippen molar-refractivity contribution in [1.82, 2.24) is 18.9 Å². The fraction of sp³-hybridized carbons (Fsp3) is 0.526. The second-order valence-electron chi connectivity index (χ2n) is 7.73. The Kier molecular flexibility index (Phi) is 6.54. The maximum atomic E-state index is 12.7. The van der Waals surface area contributed by atoms with Gasteiger partial charge in [0.2, 0.25) is 10.0 Å². The van der Waals surface area contributed by atoms with Gasteiger partial charge in [0.1, 0.15) is 14.8 Å². The van der Waals surface area contributed by atoms with Crippen molar-refractivity contribution in [3.05, 3.63) is 35.0 Å². The van der Waals surface area contributed by atoms with Crippen LogP contribution in [0.5, 0.6) is 0 Å². The van der Waals surface area contributed by atoms with Crippen molar-refractivity contribution in [3.63, 3.8) is 0 Å². The molecular weight excluding hydrogens is 460 g/mol. The summed E-state index contributed by atoms with van der Waals surface area (Å²) in [6.45, 7) is 2.24. The minimum Gasteiger partial charge on any atom is -0.356 e. The molecule has 0 aliphatic carbocycles. The van der Waals surface area contributed by atoms with Crippen LogP contribution in [-0.2, 0) is 26.6 Å². The van der Waals surface area contributed by atoms with Gasteiger partial charge in [-0.3, -0.25) is 4.79 Å². The molecule has 170 valence electrons. The van der Waals surface area contributed by atoms with E-state index in [-0.39, 0.29) is 21.3 Å². The molecule has 0 saturated carbocycles. The summed E-state index contributed by atoms with van der Waals surface area (Å²) in [4.78, 5) is 16.0. The maximum absolute atomic E-state index is 12.7. The Hall–Kier alpha value is -1.73. The van der Waals surface area contributed by atoms with Crippen LogP contribution in [0.15, 0.2) is 33.5 Å². The summed E-state index contributed by atoms with van der Waals surface area (Å²) in [5.41, 5.74) is 0.149. The van der Waals surface area contributed by atoms with E-state index in [1.54, 1.807) is 12.1 Å². The van der Waals surface area contributed by atoms with Crippen LogP contribution >= 0.6 is 11.3 Å². The second kappa shape index (κ2) is 9.02. The highest BCUT2D eigenvalue weighted by Gasteiger charge is 2.29. The van der Waals surface area contributed by atoms with Crippen molar-refractivity contribution in [2.45, 2.75) is 47.8 Å². The average molecular weight is 487 g/mol. The number of piperidine rings is 1. The molecule has 12 heteroatoms. The van der Waals surface area contributed by atoms with Crippen LogP contribution in [0.4, 0.5) is 0 Å². The Morgan fingerprint density at radius 2 is 1.55 bits per heavy atom. The van der Waals surface area contributed by atoms with Gasteiger partial charge < -0.3 is 10.3 Å². The fourth-order valence-corrected chi connectivity index (χ4v) is 8.30. The number of carbonyl (C=O) groups excluding carboxylic acids is 1. The van der Waals surface area contributed by atoms with Crippen molar-refractivity contribution in [1.29, 1.82) is 0 Å². The highest BCUT2D eigenvalue weighted by atomic mass is 32.2. The number of thiophene rings is 1. The zero-order valence-electron chi connectivity index (χ0n) is 17.0. The Morgan fingerprint density at radius 3 is 2.23 bits per heavy atom. The third kappa shape index (κ3) is 4.72. The van der Waals surface area contributed by atoms with E-state index in [9.17, 15) is 21.6 Å². The number of nitrogens with zero attached hydrogens (tertiary/aromatic N) is 2. The standard InChI is InChI=1S/C19H26N4O5S3/c24-19(17-12-16(14-20-17)30(25,26)22-10-4-5-11-22)21-13-15-6-7-18(29-15)31(27,28)23-8-2-1-3-9-23/h6-7,12,14,20H,1-5,8-11,13H2,(H,21,24). The van der Waals surface area contributed by atoms with Gasteiger partial charge in [0.05, 0.1) is 6.54 Å². The van der Waals surface area contributed by atoms with Gasteiger partial charge in [0, 0.05) is 37.3 Å². The summed E-state index contributed by atoms with van der Waals surface area (Å²) in [5, 5.41) is 2.72. The molecule has 0 radical (unpaired) electrons. The van der Waals surface area contributed by atoms with Crippen LogP contribution in [-0.4, -0.2) is 62.5 Å². The molecule has 0 aromatic carbocycles. The molecule has 2 N–H and O–H groups in total. The highest BCUT2D eigenvalue weighted by molar-refractivity contribution is 7.91. The Bertz CT molecular complexity index is 1140. The zero-order chi connectivity index (χ0) is 22.1. The van der Waals surface area contributed by atoms with Crippen LogP contribution in [0.1, 0.15) is 47.5 Å². The summed E-state index contributed by atoms with van der Waals surface area (Å²) < 4.78 is 53.9. The largest absolute Gasteiger partial charge is 0.356 e. The van der Waals surface area contributed by atoms with E-state index in [0.29, 0.717) is 31.1 Å². The molecule has 9 nitrogen and oxygen atoms in total. The number of aromatic amines is 1. The van der Waals surface area contributed by atoms with Gasteiger partial charge >= 0.3 is 0 Å². The number of H-pyrrole nitrogens is 1. The Balaban J connectivity index is 1.38. The van der Waals surface area contributed by atoms with E-state index in [1.807, 2.05) is 0 Å². The monoisotopic (exact) mass is 486 g/mol. The molecule has 0 spiro atoms. The average Bonchev–Trinajstić information content (AvgIpc) is 3.54. The summed E-state index contributed by atoms with van der Waals surface area (Å²) in [6, 6.07) is 4.61. The highest BCUT2D eigenvalue weighted by Crippen LogP contribution is 2.27. The first-order valence-corrected chi connectivity index (χ1v) is 14.0. The van der Waals surface area contributed by atoms with E-state index in [1.165, 1.54) is 20.9 Å². The van der Waals surface area contributed by atoms with Crippen molar-refractivity contribution in [2.75, 3.05) is 26.2 Å². The molecule has 0 bridgehead atoms. The van der Waals surface area contributed by atoms with Crippen LogP contribution in [0.3, 0.4) is 0 Å². The Labute approximate surface area is 186 Å². The van der Waals surface area contributed by atoms with E-state index in [4.69, 9.17) is 0 Å². The van der Waals surface area contributed by atoms with Gasteiger partial charge in [-0.2, -0.15) is 8.61 Å². The number of carbonyl (C=O) groups is 1. The lowest BCUT2D eigenvalue weighted by molar-refractivity contribution is 0.0947. The van der Waals surface area contributed by atoms with Crippen LogP contribution in [0.2, 0.25) is 0 Å². The van der Waals surface area contributed by atoms with E-state index in [0.717, 1.165) is 43.4 Å². The molecule has 0 atom stereocenters.